The maximum atomic E-state index is 3.76. The number of rotatable bonds is 0. The second kappa shape index (κ2) is 1.42. The lowest BCUT2D eigenvalue weighted by molar-refractivity contribution is 0.638. The van der Waals surface area contributed by atoms with E-state index in [-0.39, 0.29) is 0 Å². The van der Waals surface area contributed by atoms with E-state index in [9.17, 15) is 0 Å². The van der Waals surface area contributed by atoms with Crippen molar-refractivity contribution in [2.45, 2.75) is 16.1 Å². The predicted octanol–water partition coefficient (Wildman–Crippen LogP) is 2.41. The zero-order chi connectivity index (χ0) is 6.17. The van der Waals surface area contributed by atoms with E-state index in [2.05, 4.69) is 31.9 Å². The quantitative estimate of drug-likeness (QED) is 0.580. The van der Waals surface area contributed by atoms with E-state index < -0.39 is 0 Å². The van der Waals surface area contributed by atoms with Crippen LogP contribution in [-0.4, -0.2) is 9.65 Å². The Morgan fingerprint density at radius 3 is 1.56 bits per heavy atom. The second-order valence-electron chi connectivity index (χ2n) is 3.61. The molecule has 0 radical (unpaired) electrons. The van der Waals surface area contributed by atoms with Crippen LogP contribution in [0.3, 0.4) is 0 Å². The van der Waals surface area contributed by atoms with E-state index in [0.29, 0.717) is 0 Å². The molecular formula is C7H8Br2. The average molecular weight is 252 g/mol. The van der Waals surface area contributed by atoms with Crippen molar-refractivity contribution in [2.75, 3.05) is 0 Å². The van der Waals surface area contributed by atoms with Crippen LogP contribution in [0.5, 0.6) is 0 Å². The molecule has 0 amide bonds. The highest BCUT2D eigenvalue weighted by molar-refractivity contribution is 9.10. The zero-order valence-electron chi connectivity index (χ0n) is 4.93. The number of alkyl halides is 2. The van der Waals surface area contributed by atoms with Gasteiger partial charge in [0.05, 0.1) is 0 Å². The topological polar surface area (TPSA) is 0 Å². The molecule has 0 aromatic rings. The van der Waals surface area contributed by atoms with Crippen LogP contribution in [0.2, 0.25) is 0 Å². The Morgan fingerprint density at radius 2 is 1.44 bits per heavy atom. The van der Waals surface area contributed by atoms with Crippen LogP contribution in [0.4, 0.5) is 0 Å². The Hall–Kier alpha value is 0.960. The van der Waals surface area contributed by atoms with E-state index in [1.54, 1.807) is 0 Å². The lowest BCUT2D eigenvalue weighted by atomic mass is 10.1. The Balaban J connectivity index is 2.07. The molecule has 0 saturated heterocycles. The zero-order valence-corrected chi connectivity index (χ0v) is 8.10. The lowest BCUT2D eigenvalue weighted by Gasteiger charge is -2.08. The summed E-state index contributed by atoms with van der Waals surface area (Å²) >= 11 is 7.53. The van der Waals surface area contributed by atoms with Gasteiger partial charge in [0.25, 0.3) is 0 Å². The van der Waals surface area contributed by atoms with Crippen LogP contribution in [0, 0.1) is 23.7 Å². The number of hydrogen-bond donors (Lipinski definition) is 0. The maximum absolute atomic E-state index is 3.76. The SMILES string of the molecule is BrC1C2CC3C1C3C2Br. The third-order valence-electron chi connectivity index (χ3n) is 3.39. The summed E-state index contributed by atoms with van der Waals surface area (Å²) in [5.74, 6) is 4.23. The van der Waals surface area contributed by atoms with Crippen LogP contribution in [0.25, 0.3) is 0 Å². The largest absolute Gasteiger partial charge is 0.0884 e. The number of halogens is 2. The molecule has 4 bridgehead atoms. The molecule has 0 aromatic heterocycles. The highest BCUT2D eigenvalue weighted by Crippen LogP contribution is 2.74. The molecule has 4 atom stereocenters. The van der Waals surface area contributed by atoms with Gasteiger partial charge in [-0.25, -0.2) is 0 Å². The summed E-state index contributed by atoms with van der Waals surface area (Å²) in [7, 11) is 0. The molecule has 2 heteroatoms. The van der Waals surface area contributed by atoms with Gasteiger partial charge in [-0.15, -0.1) is 0 Å². The molecular weight excluding hydrogens is 244 g/mol. The van der Waals surface area contributed by atoms with Crippen LogP contribution >= 0.6 is 31.9 Å². The molecule has 0 N–H and O–H groups in total. The summed E-state index contributed by atoms with van der Waals surface area (Å²) in [6.45, 7) is 0. The Labute approximate surface area is 71.6 Å². The van der Waals surface area contributed by atoms with Gasteiger partial charge < -0.3 is 0 Å². The van der Waals surface area contributed by atoms with Gasteiger partial charge >= 0.3 is 0 Å². The first kappa shape index (κ1) is 5.59. The Kier molecular flexibility index (Phi) is 0.885. The summed E-state index contributed by atoms with van der Waals surface area (Å²) in [5, 5.41) is 0. The monoisotopic (exact) mass is 250 g/mol. The van der Waals surface area contributed by atoms with Crippen LogP contribution in [0.15, 0.2) is 0 Å². The molecule has 0 aromatic carbocycles. The van der Waals surface area contributed by atoms with Crippen LogP contribution in [-0.2, 0) is 0 Å². The van der Waals surface area contributed by atoms with E-state index in [4.69, 9.17) is 0 Å². The van der Waals surface area contributed by atoms with Crippen molar-refractivity contribution >= 4 is 31.9 Å². The Bertz CT molecular complexity index is 148. The molecule has 50 valence electrons. The van der Waals surface area contributed by atoms with Gasteiger partial charge in [0, 0.05) is 9.65 Å². The third kappa shape index (κ3) is 0.453. The fourth-order valence-corrected chi connectivity index (χ4v) is 5.95. The summed E-state index contributed by atoms with van der Waals surface area (Å²) in [6, 6.07) is 0. The van der Waals surface area contributed by atoms with E-state index >= 15 is 0 Å². The Morgan fingerprint density at radius 1 is 0.889 bits per heavy atom. The first-order chi connectivity index (χ1) is 4.30. The van der Waals surface area contributed by atoms with Gasteiger partial charge in [-0.1, -0.05) is 31.9 Å². The first-order valence-electron chi connectivity index (χ1n) is 3.59. The highest BCUT2D eigenvalue weighted by atomic mass is 79.9. The van der Waals surface area contributed by atoms with Gasteiger partial charge in [-0.3, -0.25) is 0 Å². The molecule has 4 aliphatic rings. The van der Waals surface area contributed by atoms with Crippen molar-refractivity contribution in [3.8, 4) is 0 Å². The highest BCUT2D eigenvalue weighted by Gasteiger charge is 2.72. The van der Waals surface area contributed by atoms with Gasteiger partial charge in [-0.05, 0) is 30.1 Å². The van der Waals surface area contributed by atoms with Crippen molar-refractivity contribution in [1.82, 2.24) is 0 Å². The molecule has 0 aliphatic heterocycles. The fraction of sp³-hybridized carbons (Fsp3) is 1.00. The maximum Gasteiger partial charge on any atom is 0.0219 e. The summed E-state index contributed by atoms with van der Waals surface area (Å²) in [4.78, 5) is 1.74. The molecule has 4 aliphatic carbocycles. The summed E-state index contributed by atoms with van der Waals surface area (Å²) in [6.07, 6.45) is 1.50. The van der Waals surface area contributed by atoms with E-state index in [0.717, 1.165) is 33.3 Å². The third-order valence-corrected chi connectivity index (χ3v) is 5.97. The molecule has 4 fully saturated rings. The molecule has 4 unspecified atom stereocenters. The minimum Gasteiger partial charge on any atom is -0.0884 e. The minimum atomic E-state index is 0.872. The van der Waals surface area contributed by atoms with Crippen molar-refractivity contribution in [3.63, 3.8) is 0 Å². The van der Waals surface area contributed by atoms with Crippen LogP contribution < -0.4 is 0 Å². The molecule has 4 rings (SSSR count). The molecule has 0 spiro atoms. The summed E-state index contributed by atoms with van der Waals surface area (Å²) < 4.78 is 0. The van der Waals surface area contributed by atoms with Gasteiger partial charge in [0.15, 0.2) is 0 Å². The van der Waals surface area contributed by atoms with Crippen molar-refractivity contribution in [2.24, 2.45) is 23.7 Å². The number of hydrogen-bond acceptors (Lipinski definition) is 0. The van der Waals surface area contributed by atoms with Crippen molar-refractivity contribution in [1.29, 1.82) is 0 Å². The van der Waals surface area contributed by atoms with Crippen molar-refractivity contribution < 1.29 is 0 Å². The van der Waals surface area contributed by atoms with Gasteiger partial charge in [0.2, 0.25) is 0 Å². The second-order valence-corrected chi connectivity index (χ2v) is 5.72. The fourth-order valence-electron chi connectivity index (χ4n) is 2.96. The lowest BCUT2D eigenvalue weighted by Crippen LogP contribution is -2.09. The van der Waals surface area contributed by atoms with Gasteiger partial charge in [-0.2, -0.15) is 0 Å². The smallest absolute Gasteiger partial charge is 0.0219 e. The minimum absolute atomic E-state index is 0.872. The average Bonchev–Trinajstić information content (AvgIpc) is 2.18. The molecule has 4 saturated carbocycles. The first-order valence-corrected chi connectivity index (χ1v) is 5.42. The molecule has 9 heavy (non-hydrogen) atoms. The van der Waals surface area contributed by atoms with Gasteiger partial charge in [0.1, 0.15) is 0 Å². The standard InChI is InChI=1S/C7H8Br2/c8-6-3-1-2-4(6)5(2)7(3)9/h2-7H,1H2. The predicted molar refractivity (Wildman–Crippen MR) is 44.0 cm³/mol. The van der Waals surface area contributed by atoms with Crippen molar-refractivity contribution in [3.05, 3.63) is 0 Å². The molecule has 0 heterocycles. The molecule has 0 nitrogen and oxygen atoms in total. The van der Waals surface area contributed by atoms with E-state index in [1.165, 1.54) is 6.42 Å². The normalized spacial score (nSPS) is 75.3. The van der Waals surface area contributed by atoms with E-state index in [1.807, 2.05) is 0 Å². The van der Waals surface area contributed by atoms with Crippen LogP contribution in [0.1, 0.15) is 6.42 Å². The summed E-state index contributed by atoms with van der Waals surface area (Å²) in [5.41, 5.74) is 0.